The summed E-state index contributed by atoms with van der Waals surface area (Å²) in [6, 6.07) is 15.0. The number of aromatic nitrogens is 3. The summed E-state index contributed by atoms with van der Waals surface area (Å²) in [4.78, 5) is 4.29. The average molecular weight is 290 g/mol. The van der Waals surface area contributed by atoms with Crippen LogP contribution >= 0.6 is 23.2 Å². The van der Waals surface area contributed by atoms with Crippen LogP contribution in [-0.2, 0) is 0 Å². The van der Waals surface area contributed by atoms with Crippen molar-refractivity contribution in [1.29, 1.82) is 0 Å². The van der Waals surface area contributed by atoms with Crippen molar-refractivity contribution >= 4 is 23.2 Å². The van der Waals surface area contributed by atoms with E-state index in [1.54, 1.807) is 29.2 Å². The van der Waals surface area contributed by atoms with Crippen molar-refractivity contribution in [3.63, 3.8) is 0 Å². The third kappa shape index (κ3) is 2.62. The molecule has 3 rings (SSSR count). The van der Waals surface area contributed by atoms with Crippen LogP contribution in [0.3, 0.4) is 0 Å². The zero-order valence-electron chi connectivity index (χ0n) is 9.79. The molecule has 0 saturated heterocycles. The van der Waals surface area contributed by atoms with E-state index in [0.29, 0.717) is 15.9 Å². The Balaban J connectivity index is 2.02. The summed E-state index contributed by atoms with van der Waals surface area (Å²) in [5.74, 6) is 0.664. The van der Waals surface area contributed by atoms with Gasteiger partial charge in [-0.25, -0.2) is 9.67 Å². The molecule has 0 radical (unpaired) electrons. The Labute approximate surface area is 120 Å². The van der Waals surface area contributed by atoms with Gasteiger partial charge in [0.15, 0.2) is 5.82 Å². The van der Waals surface area contributed by atoms with E-state index in [4.69, 9.17) is 23.2 Å². The highest BCUT2D eigenvalue weighted by molar-refractivity contribution is 6.34. The van der Waals surface area contributed by atoms with Crippen molar-refractivity contribution in [3.05, 3.63) is 64.9 Å². The molecule has 2 aromatic carbocycles. The zero-order chi connectivity index (χ0) is 13.2. The molecule has 94 valence electrons. The van der Waals surface area contributed by atoms with Gasteiger partial charge in [-0.2, -0.15) is 0 Å². The molecule has 3 nitrogen and oxygen atoms in total. The molecule has 0 bridgehead atoms. The molecular formula is C14H9Cl2N3. The zero-order valence-corrected chi connectivity index (χ0v) is 11.3. The number of rotatable bonds is 2. The van der Waals surface area contributed by atoms with Gasteiger partial charge in [0.25, 0.3) is 0 Å². The number of halogens is 2. The third-order valence-electron chi connectivity index (χ3n) is 2.64. The molecule has 0 aliphatic rings. The first-order valence-electron chi connectivity index (χ1n) is 5.66. The molecule has 5 heteroatoms. The van der Waals surface area contributed by atoms with Crippen molar-refractivity contribution in [1.82, 2.24) is 14.8 Å². The minimum atomic E-state index is 0.569. The lowest BCUT2D eigenvalue weighted by Gasteiger charge is -2.02. The molecule has 3 aromatic rings. The van der Waals surface area contributed by atoms with Gasteiger partial charge in [-0.15, -0.1) is 5.10 Å². The summed E-state index contributed by atoms with van der Waals surface area (Å²) in [5, 5.41) is 5.56. The van der Waals surface area contributed by atoms with Crippen LogP contribution in [0.15, 0.2) is 54.9 Å². The van der Waals surface area contributed by atoms with Crippen LogP contribution in [0.5, 0.6) is 0 Å². The van der Waals surface area contributed by atoms with Crippen LogP contribution < -0.4 is 0 Å². The second kappa shape index (κ2) is 5.03. The first-order valence-corrected chi connectivity index (χ1v) is 6.41. The summed E-state index contributed by atoms with van der Waals surface area (Å²) in [6.45, 7) is 0. The SMILES string of the molecule is Clc1cc(Cl)cc(-n2cnc(-c3ccccc3)n2)c1. The lowest BCUT2D eigenvalue weighted by Crippen LogP contribution is -1.94. The lowest BCUT2D eigenvalue weighted by molar-refractivity contribution is 0.882. The van der Waals surface area contributed by atoms with Crippen molar-refractivity contribution in [2.24, 2.45) is 0 Å². The van der Waals surface area contributed by atoms with Gasteiger partial charge in [0.2, 0.25) is 0 Å². The van der Waals surface area contributed by atoms with E-state index in [0.717, 1.165) is 11.3 Å². The molecule has 0 fully saturated rings. The summed E-state index contributed by atoms with van der Waals surface area (Å²) < 4.78 is 1.65. The highest BCUT2D eigenvalue weighted by Gasteiger charge is 2.06. The van der Waals surface area contributed by atoms with E-state index in [1.165, 1.54) is 0 Å². The van der Waals surface area contributed by atoms with Gasteiger partial charge in [0.05, 0.1) is 5.69 Å². The summed E-state index contributed by atoms with van der Waals surface area (Å²) in [7, 11) is 0. The Bertz CT molecular complexity index is 687. The highest BCUT2D eigenvalue weighted by atomic mass is 35.5. The van der Waals surface area contributed by atoms with Gasteiger partial charge >= 0.3 is 0 Å². The minimum absolute atomic E-state index is 0.569. The van der Waals surface area contributed by atoms with Crippen LogP contribution in [0, 0.1) is 0 Å². The van der Waals surface area contributed by atoms with Gasteiger partial charge in [0, 0.05) is 15.6 Å². The number of nitrogens with zero attached hydrogens (tertiary/aromatic N) is 3. The maximum Gasteiger partial charge on any atom is 0.181 e. The highest BCUT2D eigenvalue weighted by Crippen LogP contribution is 2.22. The lowest BCUT2D eigenvalue weighted by atomic mass is 10.2. The molecule has 0 spiro atoms. The third-order valence-corrected chi connectivity index (χ3v) is 3.07. The predicted octanol–water partition coefficient (Wildman–Crippen LogP) is 4.24. The fourth-order valence-electron chi connectivity index (χ4n) is 1.78. The fraction of sp³-hybridized carbons (Fsp3) is 0. The molecule has 0 aliphatic carbocycles. The molecule has 0 unspecified atom stereocenters. The Morgan fingerprint density at radius 3 is 2.26 bits per heavy atom. The maximum atomic E-state index is 5.98. The van der Waals surface area contributed by atoms with E-state index >= 15 is 0 Å². The van der Waals surface area contributed by atoms with Crippen LogP contribution in [-0.4, -0.2) is 14.8 Å². The van der Waals surface area contributed by atoms with E-state index in [1.807, 2.05) is 30.3 Å². The predicted molar refractivity (Wildman–Crippen MR) is 76.8 cm³/mol. The Kier molecular flexibility index (Phi) is 3.23. The van der Waals surface area contributed by atoms with Gasteiger partial charge < -0.3 is 0 Å². The normalized spacial score (nSPS) is 10.6. The van der Waals surface area contributed by atoms with Crippen LogP contribution in [0.25, 0.3) is 17.1 Å². The van der Waals surface area contributed by atoms with Crippen LogP contribution in [0.4, 0.5) is 0 Å². The van der Waals surface area contributed by atoms with E-state index in [-0.39, 0.29) is 0 Å². The Hall–Kier alpha value is -1.84. The fourth-order valence-corrected chi connectivity index (χ4v) is 2.29. The van der Waals surface area contributed by atoms with E-state index in [2.05, 4.69) is 10.1 Å². The molecule has 1 aromatic heterocycles. The van der Waals surface area contributed by atoms with Crippen molar-refractivity contribution in [2.75, 3.05) is 0 Å². The number of benzene rings is 2. The molecule has 19 heavy (non-hydrogen) atoms. The molecule has 1 heterocycles. The second-order valence-electron chi connectivity index (χ2n) is 4.01. The molecule has 0 atom stereocenters. The quantitative estimate of drug-likeness (QED) is 0.706. The van der Waals surface area contributed by atoms with Crippen molar-refractivity contribution < 1.29 is 0 Å². The van der Waals surface area contributed by atoms with Gasteiger partial charge in [-0.3, -0.25) is 0 Å². The molecule has 0 saturated carbocycles. The molecule has 0 aliphatic heterocycles. The smallest absolute Gasteiger partial charge is 0.181 e. The number of hydrogen-bond acceptors (Lipinski definition) is 2. The van der Waals surface area contributed by atoms with Crippen LogP contribution in [0.1, 0.15) is 0 Å². The van der Waals surface area contributed by atoms with Crippen LogP contribution in [0.2, 0.25) is 10.0 Å². The van der Waals surface area contributed by atoms with E-state index < -0.39 is 0 Å². The summed E-state index contributed by atoms with van der Waals surface area (Å²) >= 11 is 12.0. The molecule has 0 amide bonds. The van der Waals surface area contributed by atoms with E-state index in [9.17, 15) is 0 Å². The maximum absolute atomic E-state index is 5.98. The van der Waals surface area contributed by atoms with Crippen molar-refractivity contribution in [3.8, 4) is 17.1 Å². The first kappa shape index (κ1) is 12.2. The average Bonchev–Trinajstić information content (AvgIpc) is 2.88. The van der Waals surface area contributed by atoms with Crippen molar-refractivity contribution in [2.45, 2.75) is 0 Å². The van der Waals surface area contributed by atoms with Gasteiger partial charge in [0.1, 0.15) is 6.33 Å². The minimum Gasteiger partial charge on any atom is -0.220 e. The number of hydrogen-bond donors (Lipinski definition) is 0. The van der Waals surface area contributed by atoms with Gasteiger partial charge in [-0.05, 0) is 18.2 Å². The molecule has 0 N–H and O–H groups in total. The monoisotopic (exact) mass is 289 g/mol. The topological polar surface area (TPSA) is 30.7 Å². The largest absolute Gasteiger partial charge is 0.220 e. The standard InChI is InChI=1S/C14H9Cl2N3/c15-11-6-12(16)8-13(7-11)19-9-17-14(18-19)10-4-2-1-3-5-10/h1-9H. The second-order valence-corrected chi connectivity index (χ2v) is 4.88. The summed E-state index contributed by atoms with van der Waals surface area (Å²) in [6.07, 6.45) is 1.64. The Morgan fingerprint density at radius 2 is 1.58 bits per heavy atom. The molecular weight excluding hydrogens is 281 g/mol. The Morgan fingerprint density at radius 1 is 0.895 bits per heavy atom. The van der Waals surface area contributed by atoms with Gasteiger partial charge in [-0.1, -0.05) is 53.5 Å². The first-order chi connectivity index (χ1) is 9.22. The summed E-state index contributed by atoms with van der Waals surface area (Å²) in [5.41, 5.74) is 1.75.